The summed E-state index contributed by atoms with van der Waals surface area (Å²) in [5.74, 6) is 0.115. The Balaban J connectivity index is 1.55. The van der Waals surface area contributed by atoms with Crippen molar-refractivity contribution >= 4 is 23.3 Å². The summed E-state index contributed by atoms with van der Waals surface area (Å²) in [6.45, 7) is 4.48. The maximum absolute atomic E-state index is 11.8. The molecular weight excluding hydrogens is 474 g/mol. The van der Waals surface area contributed by atoms with E-state index in [0.717, 1.165) is 62.3 Å². The number of nitrogens with zero attached hydrogens (tertiary/aromatic N) is 5. The molecule has 8 nitrogen and oxygen atoms in total. The van der Waals surface area contributed by atoms with E-state index in [1.807, 2.05) is 48.1 Å². The number of oxime groups is 1. The smallest absolute Gasteiger partial charge is 0.140 e. The molecule has 0 aliphatic heterocycles. The quantitative estimate of drug-likeness (QED) is 0.189. The minimum absolute atomic E-state index is 0.115. The van der Waals surface area contributed by atoms with Crippen molar-refractivity contribution in [3.05, 3.63) is 70.1 Å². The first-order chi connectivity index (χ1) is 17.5. The van der Waals surface area contributed by atoms with Crippen LogP contribution in [-0.2, 0) is 33.6 Å². The molecule has 1 aliphatic rings. The van der Waals surface area contributed by atoms with Crippen molar-refractivity contribution < 1.29 is 14.4 Å². The molecule has 0 saturated carbocycles. The first-order valence-electron chi connectivity index (χ1n) is 11.8. The fourth-order valence-electron chi connectivity index (χ4n) is 4.21. The lowest BCUT2D eigenvalue weighted by Gasteiger charge is -2.14. The number of benzene rings is 1. The molecule has 0 atom stereocenters. The average Bonchev–Trinajstić information content (AvgIpc) is 3.45. The first kappa shape index (κ1) is 24.0. The van der Waals surface area contributed by atoms with Crippen LogP contribution in [0.25, 0.3) is 27.5 Å². The van der Waals surface area contributed by atoms with Gasteiger partial charge in [0.2, 0.25) is 0 Å². The standard InChI is InChI=1S/C27H27N5O3S/c1-17-4-7-20(16-28-17)25-22-10-11-23-27(36-24(30-23)14-18(2)33)26(22)32(31-25)21-8-5-19(6-9-21)15-29-35-13-12-34-3/h4-9,15-16H,10-14H2,1-3H3/b29-15+. The van der Waals surface area contributed by atoms with Gasteiger partial charge in [-0.3, -0.25) is 9.78 Å². The largest absolute Gasteiger partial charge is 0.393 e. The molecule has 0 unspecified atom stereocenters. The van der Waals surface area contributed by atoms with Crippen molar-refractivity contribution in [1.82, 2.24) is 19.7 Å². The molecule has 4 aromatic rings. The number of ketones is 1. The van der Waals surface area contributed by atoms with Crippen molar-refractivity contribution in [2.45, 2.75) is 33.1 Å². The van der Waals surface area contributed by atoms with Crippen LogP contribution in [-0.4, -0.2) is 52.1 Å². The molecule has 1 aliphatic carbocycles. The molecule has 3 heterocycles. The molecule has 0 fully saturated rings. The van der Waals surface area contributed by atoms with E-state index in [1.54, 1.807) is 31.6 Å². The van der Waals surface area contributed by atoms with Crippen molar-refractivity contribution in [3.8, 4) is 27.5 Å². The highest BCUT2D eigenvalue weighted by molar-refractivity contribution is 7.15. The van der Waals surface area contributed by atoms with Gasteiger partial charge < -0.3 is 9.57 Å². The second-order valence-corrected chi connectivity index (χ2v) is 9.77. The Morgan fingerprint density at radius 3 is 2.72 bits per heavy atom. The zero-order chi connectivity index (χ0) is 25.1. The summed E-state index contributed by atoms with van der Waals surface area (Å²) in [6, 6.07) is 12.1. The Labute approximate surface area is 213 Å². The zero-order valence-electron chi connectivity index (χ0n) is 20.5. The van der Waals surface area contributed by atoms with Crippen LogP contribution in [0.5, 0.6) is 0 Å². The highest BCUT2D eigenvalue weighted by atomic mass is 32.1. The second-order valence-electron chi connectivity index (χ2n) is 8.69. The fraction of sp³-hybridized carbons (Fsp3) is 0.296. The number of Topliss-reactive ketones (excluding diaryl/α,β-unsaturated/α-hetero) is 1. The maximum Gasteiger partial charge on any atom is 0.140 e. The highest BCUT2D eigenvalue weighted by Gasteiger charge is 2.29. The van der Waals surface area contributed by atoms with Crippen LogP contribution in [0.4, 0.5) is 0 Å². The minimum Gasteiger partial charge on any atom is -0.393 e. The number of thiazole rings is 1. The number of pyridine rings is 1. The number of aryl methyl sites for hydroxylation is 2. The van der Waals surface area contributed by atoms with Crippen LogP contribution in [0, 0.1) is 6.92 Å². The molecular formula is C27H27N5O3S. The predicted molar refractivity (Wildman–Crippen MR) is 140 cm³/mol. The van der Waals surface area contributed by atoms with Crippen LogP contribution in [0.2, 0.25) is 0 Å². The molecule has 0 N–H and O–H groups in total. The van der Waals surface area contributed by atoms with Crippen molar-refractivity contribution in [3.63, 3.8) is 0 Å². The number of carbonyl (C=O) groups excluding carboxylic acids is 1. The van der Waals surface area contributed by atoms with Crippen molar-refractivity contribution in [2.75, 3.05) is 20.3 Å². The van der Waals surface area contributed by atoms with Gasteiger partial charge >= 0.3 is 0 Å². The molecule has 36 heavy (non-hydrogen) atoms. The SMILES string of the molecule is COCCO/N=C/c1ccc(-n2nc(-c3ccc(C)nc3)c3c2-c2sc(CC(C)=O)nc2CC3)cc1. The van der Waals surface area contributed by atoms with Crippen LogP contribution in [0.3, 0.4) is 0 Å². The van der Waals surface area contributed by atoms with Gasteiger partial charge in [0, 0.05) is 30.1 Å². The Morgan fingerprint density at radius 1 is 1.17 bits per heavy atom. The van der Waals surface area contributed by atoms with E-state index in [9.17, 15) is 4.79 Å². The molecule has 3 aromatic heterocycles. The van der Waals surface area contributed by atoms with E-state index in [-0.39, 0.29) is 5.78 Å². The molecule has 0 amide bonds. The van der Waals surface area contributed by atoms with Gasteiger partial charge in [0.1, 0.15) is 17.4 Å². The summed E-state index contributed by atoms with van der Waals surface area (Å²) in [4.78, 5) is 27.3. The monoisotopic (exact) mass is 501 g/mol. The topological polar surface area (TPSA) is 91.5 Å². The molecule has 1 aromatic carbocycles. The number of carbonyl (C=O) groups is 1. The van der Waals surface area contributed by atoms with E-state index in [2.05, 4.69) is 16.2 Å². The van der Waals surface area contributed by atoms with Crippen molar-refractivity contribution in [1.29, 1.82) is 0 Å². The molecule has 0 spiro atoms. The third-order valence-corrected chi connectivity index (χ3v) is 7.03. The van der Waals surface area contributed by atoms with E-state index in [0.29, 0.717) is 19.6 Å². The lowest BCUT2D eigenvalue weighted by atomic mass is 9.95. The molecule has 184 valence electrons. The van der Waals surface area contributed by atoms with Crippen LogP contribution in [0.1, 0.15) is 34.4 Å². The van der Waals surface area contributed by atoms with Gasteiger partial charge in [0.15, 0.2) is 0 Å². The second kappa shape index (κ2) is 10.5. The minimum atomic E-state index is 0.115. The van der Waals surface area contributed by atoms with Gasteiger partial charge in [-0.05, 0) is 56.5 Å². The number of hydrogen-bond acceptors (Lipinski definition) is 8. The zero-order valence-corrected chi connectivity index (χ0v) is 21.3. The van der Waals surface area contributed by atoms with Crippen LogP contribution < -0.4 is 0 Å². The summed E-state index contributed by atoms with van der Waals surface area (Å²) in [6.07, 6.45) is 5.58. The van der Waals surface area contributed by atoms with Gasteiger partial charge in [-0.25, -0.2) is 9.67 Å². The Hall–Kier alpha value is -3.69. The third-order valence-electron chi connectivity index (χ3n) is 5.93. The number of rotatable bonds is 9. The van der Waals surface area contributed by atoms with Crippen LogP contribution >= 0.6 is 11.3 Å². The highest BCUT2D eigenvalue weighted by Crippen LogP contribution is 2.43. The lowest BCUT2D eigenvalue weighted by Crippen LogP contribution is -2.06. The predicted octanol–water partition coefficient (Wildman–Crippen LogP) is 4.59. The van der Waals surface area contributed by atoms with Crippen molar-refractivity contribution in [2.24, 2.45) is 5.16 Å². The van der Waals surface area contributed by atoms with Gasteiger partial charge in [0.25, 0.3) is 0 Å². The van der Waals surface area contributed by atoms with Gasteiger partial charge in [-0.2, -0.15) is 5.10 Å². The summed E-state index contributed by atoms with van der Waals surface area (Å²) >= 11 is 1.59. The van der Waals surface area contributed by atoms with Gasteiger partial charge in [-0.15, -0.1) is 11.3 Å². The van der Waals surface area contributed by atoms with Gasteiger partial charge in [0.05, 0.1) is 46.9 Å². The van der Waals surface area contributed by atoms with E-state index >= 15 is 0 Å². The Morgan fingerprint density at radius 2 is 2.00 bits per heavy atom. The summed E-state index contributed by atoms with van der Waals surface area (Å²) in [5.41, 5.74) is 8.01. The normalized spacial score (nSPS) is 12.5. The Kier molecular flexibility index (Phi) is 7.02. The molecule has 0 bridgehead atoms. The van der Waals surface area contributed by atoms with E-state index in [4.69, 9.17) is 19.7 Å². The number of ether oxygens (including phenoxy) is 1. The van der Waals surface area contributed by atoms with E-state index < -0.39 is 0 Å². The molecule has 0 saturated heterocycles. The first-order valence-corrected chi connectivity index (χ1v) is 12.6. The third kappa shape index (κ3) is 4.98. The number of fused-ring (bicyclic) bond motifs is 3. The molecule has 5 rings (SSSR count). The van der Waals surface area contributed by atoms with Gasteiger partial charge in [-0.1, -0.05) is 17.3 Å². The number of aromatic nitrogens is 4. The van der Waals surface area contributed by atoms with E-state index in [1.165, 1.54) is 5.56 Å². The lowest BCUT2D eigenvalue weighted by molar-refractivity contribution is -0.116. The molecule has 9 heteroatoms. The number of hydrogen-bond donors (Lipinski definition) is 0. The summed E-state index contributed by atoms with van der Waals surface area (Å²) < 4.78 is 6.95. The molecule has 0 radical (unpaired) electrons. The van der Waals surface area contributed by atoms with Crippen LogP contribution in [0.15, 0.2) is 47.8 Å². The summed E-state index contributed by atoms with van der Waals surface area (Å²) in [5, 5.41) is 9.92. The average molecular weight is 502 g/mol. The summed E-state index contributed by atoms with van der Waals surface area (Å²) in [7, 11) is 1.62. The Bertz CT molecular complexity index is 1400. The maximum atomic E-state index is 11.8. The fourth-order valence-corrected chi connectivity index (χ4v) is 5.45. The number of methoxy groups -OCH3 is 1.